The Hall–Kier alpha value is -2.64. The Bertz CT molecular complexity index is 672. The van der Waals surface area contributed by atoms with Crippen LogP contribution >= 0.6 is 0 Å². The SMILES string of the molecule is CCc1ccnc(C(=O)Nc2ccc(OCC(F)(F)F)nc2)c1. The zero-order valence-corrected chi connectivity index (χ0v) is 12.2. The third-order valence-electron chi connectivity index (χ3n) is 2.84. The number of ether oxygens (including phenoxy) is 1. The van der Waals surface area contributed by atoms with E-state index in [-0.39, 0.29) is 11.6 Å². The van der Waals surface area contributed by atoms with Crippen LogP contribution in [0.2, 0.25) is 0 Å². The molecule has 0 saturated carbocycles. The lowest BCUT2D eigenvalue weighted by atomic mass is 10.2. The number of carbonyl (C=O) groups excluding carboxylic acids is 1. The van der Waals surface area contributed by atoms with Crippen molar-refractivity contribution in [3.05, 3.63) is 47.9 Å². The summed E-state index contributed by atoms with van der Waals surface area (Å²) in [4.78, 5) is 19.7. The normalized spacial score (nSPS) is 11.1. The maximum atomic E-state index is 12.0. The van der Waals surface area contributed by atoms with Crippen LogP contribution in [0.15, 0.2) is 36.7 Å². The van der Waals surface area contributed by atoms with Gasteiger partial charge in [0, 0.05) is 12.3 Å². The third kappa shape index (κ3) is 5.24. The number of carbonyl (C=O) groups is 1. The summed E-state index contributed by atoms with van der Waals surface area (Å²) in [5, 5.41) is 2.57. The van der Waals surface area contributed by atoms with E-state index >= 15 is 0 Å². The molecule has 1 N–H and O–H groups in total. The lowest BCUT2D eigenvalue weighted by molar-refractivity contribution is -0.154. The summed E-state index contributed by atoms with van der Waals surface area (Å²) in [7, 11) is 0. The van der Waals surface area contributed by atoms with Crippen molar-refractivity contribution >= 4 is 11.6 Å². The van der Waals surface area contributed by atoms with Crippen molar-refractivity contribution < 1.29 is 22.7 Å². The fourth-order valence-corrected chi connectivity index (χ4v) is 1.71. The molecule has 0 unspecified atom stereocenters. The summed E-state index contributed by atoms with van der Waals surface area (Å²) in [6, 6.07) is 6.13. The molecule has 23 heavy (non-hydrogen) atoms. The summed E-state index contributed by atoms with van der Waals surface area (Å²) >= 11 is 0. The van der Waals surface area contributed by atoms with Gasteiger partial charge in [0.15, 0.2) is 6.61 Å². The van der Waals surface area contributed by atoms with Crippen LogP contribution in [0.1, 0.15) is 23.0 Å². The van der Waals surface area contributed by atoms with E-state index in [1.165, 1.54) is 18.3 Å². The van der Waals surface area contributed by atoms with Gasteiger partial charge < -0.3 is 10.1 Å². The molecule has 2 aromatic heterocycles. The first-order valence-electron chi connectivity index (χ1n) is 6.79. The van der Waals surface area contributed by atoms with E-state index in [1.54, 1.807) is 12.3 Å². The van der Waals surface area contributed by atoms with Crippen molar-refractivity contribution in [3.63, 3.8) is 0 Å². The first kappa shape index (κ1) is 16.7. The maximum absolute atomic E-state index is 12.0. The number of hydrogen-bond donors (Lipinski definition) is 1. The van der Waals surface area contributed by atoms with Gasteiger partial charge in [0.25, 0.3) is 5.91 Å². The molecule has 0 aliphatic rings. The van der Waals surface area contributed by atoms with Gasteiger partial charge in [0.2, 0.25) is 5.88 Å². The number of halogens is 3. The van der Waals surface area contributed by atoms with Gasteiger partial charge in [-0.15, -0.1) is 0 Å². The molecule has 0 fully saturated rings. The van der Waals surface area contributed by atoms with Crippen LogP contribution < -0.4 is 10.1 Å². The predicted molar refractivity (Wildman–Crippen MR) is 77.4 cm³/mol. The average Bonchev–Trinajstić information content (AvgIpc) is 2.53. The molecule has 1 amide bonds. The van der Waals surface area contributed by atoms with E-state index in [1.807, 2.05) is 13.0 Å². The van der Waals surface area contributed by atoms with Crippen molar-refractivity contribution in [2.24, 2.45) is 0 Å². The number of pyridine rings is 2. The van der Waals surface area contributed by atoms with Gasteiger partial charge in [-0.2, -0.15) is 13.2 Å². The standard InChI is InChI=1S/C15H14F3N3O2/c1-2-10-5-6-19-12(7-10)14(22)21-11-3-4-13(20-8-11)23-9-15(16,17)18/h3-8H,2,9H2,1H3,(H,21,22). The Morgan fingerprint density at radius 2 is 2.04 bits per heavy atom. The average molecular weight is 325 g/mol. The van der Waals surface area contributed by atoms with Gasteiger partial charge in [-0.3, -0.25) is 9.78 Å². The number of hydrogen-bond acceptors (Lipinski definition) is 4. The van der Waals surface area contributed by atoms with E-state index in [0.717, 1.165) is 12.0 Å². The minimum Gasteiger partial charge on any atom is -0.468 e. The number of nitrogens with zero attached hydrogens (tertiary/aromatic N) is 2. The Labute approximate surface area is 130 Å². The Balaban J connectivity index is 1.98. The molecule has 2 heterocycles. The number of nitrogens with one attached hydrogen (secondary N) is 1. The predicted octanol–water partition coefficient (Wildman–Crippen LogP) is 3.23. The highest BCUT2D eigenvalue weighted by Crippen LogP contribution is 2.18. The molecule has 2 rings (SSSR count). The minimum atomic E-state index is -4.43. The summed E-state index contributed by atoms with van der Waals surface area (Å²) in [5.41, 5.74) is 1.55. The number of amides is 1. The minimum absolute atomic E-state index is 0.175. The molecular formula is C15H14F3N3O2. The molecule has 0 bridgehead atoms. The van der Waals surface area contributed by atoms with E-state index in [2.05, 4.69) is 20.0 Å². The highest BCUT2D eigenvalue weighted by Gasteiger charge is 2.28. The molecule has 0 atom stereocenters. The second kappa shape index (κ2) is 7.08. The van der Waals surface area contributed by atoms with Crippen molar-refractivity contribution in [1.29, 1.82) is 0 Å². The zero-order valence-electron chi connectivity index (χ0n) is 12.2. The van der Waals surface area contributed by atoms with Crippen LogP contribution in [0.25, 0.3) is 0 Å². The molecular weight excluding hydrogens is 311 g/mol. The summed E-state index contributed by atoms with van der Waals surface area (Å²) in [6.45, 7) is 0.542. The molecule has 0 aliphatic heterocycles. The lowest BCUT2D eigenvalue weighted by Crippen LogP contribution is -2.19. The fourth-order valence-electron chi connectivity index (χ4n) is 1.71. The smallest absolute Gasteiger partial charge is 0.422 e. The second-order valence-electron chi connectivity index (χ2n) is 4.65. The maximum Gasteiger partial charge on any atom is 0.422 e. The largest absolute Gasteiger partial charge is 0.468 e. The molecule has 0 aliphatic carbocycles. The highest BCUT2D eigenvalue weighted by molar-refractivity contribution is 6.02. The van der Waals surface area contributed by atoms with Crippen LogP contribution in [0.4, 0.5) is 18.9 Å². The summed E-state index contributed by atoms with van der Waals surface area (Å²) < 4.78 is 40.6. The van der Waals surface area contributed by atoms with Gasteiger partial charge in [0.05, 0.1) is 11.9 Å². The van der Waals surface area contributed by atoms with E-state index in [9.17, 15) is 18.0 Å². The molecule has 0 aromatic carbocycles. The topological polar surface area (TPSA) is 64.1 Å². The van der Waals surface area contributed by atoms with E-state index < -0.39 is 18.7 Å². The van der Waals surface area contributed by atoms with Gasteiger partial charge in [-0.1, -0.05) is 6.92 Å². The summed E-state index contributed by atoms with van der Waals surface area (Å²) in [6.07, 6.45) is -0.895. The van der Waals surface area contributed by atoms with Crippen LogP contribution in [0.3, 0.4) is 0 Å². The number of rotatable bonds is 5. The van der Waals surface area contributed by atoms with E-state index in [0.29, 0.717) is 5.69 Å². The third-order valence-corrected chi connectivity index (χ3v) is 2.84. The molecule has 5 nitrogen and oxygen atoms in total. The first-order valence-corrected chi connectivity index (χ1v) is 6.79. The molecule has 0 spiro atoms. The Morgan fingerprint density at radius 3 is 2.65 bits per heavy atom. The van der Waals surface area contributed by atoms with E-state index in [4.69, 9.17) is 0 Å². The number of aryl methyl sites for hydroxylation is 1. The molecule has 122 valence electrons. The zero-order chi connectivity index (χ0) is 16.9. The first-order chi connectivity index (χ1) is 10.9. The molecule has 8 heteroatoms. The number of anilines is 1. The van der Waals surface area contributed by atoms with Crippen LogP contribution in [0, 0.1) is 0 Å². The van der Waals surface area contributed by atoms with Crippen molar-refractivity contribution in [2.75, 3.05) is 11.9 Å². The second-order valence-corrected chi connectivity index (χ2v) is 4.65. The van der Waals surface area contributed by atoms with Crippen molar-refractivity contribution in [2.45, 2.75) is 19.5 Å². The lowest BCUT2D eigenvalue weighted by Gasteiger charge is -2.09. The van der Waals surface area contributed by atoms with Crippen molar-refractivity contribution in [1.82, 2.24) is 9.97 Å². The number of alkyl halides is 3. The van der Waals surface area contributed by atoms with Gasteiger partial charge in [-0.05, 0) is 30.2 Å². The monoisotopic (exact) mass is 325 g/mol. The quantitative estimate of drug-likeness (QED) is 0.917. The van der Waals surface area contributed by atoms with Crippen LogP contribution in [0.5, 0.6) is 5.88 Å². The van der Waals surface area contributed by atoms with Gasteiger partial charge in [0.1, 0.15) is 5.69 Å². The fraction of sp³-hybridized carbons (Fsp3) is 0.267. The molecule has 0 saturated heterocycles. The highest BCUT2D eigenvalue weighted by atomic mass is 19.4. The van der Waals surface area contributed by atoms with Crippen LogP contribution in [-0.2, 0) is 6.42 Å². The summed E-state index contributed by atoms with van der Waals surface area (Å²) in [5.74, 6) is -0.600. The van der Waals surface area contributed by atoms with Crippen LogP contribution in [-0.4, -0.2) is 28.7 Å². The van der Waals surface area contributed by atoms with Gasteiger partial charge in [-0.25, -0.2) is 4.98 Å². The van der Waals surface area contributed by atoms with Gasteiger partial charge >= 0.3 is 6.18 Å². The number of aromatic nitrogens is 2. The Morgan fingerprint density at radius 1 is 1.26 bits per heavy atom. The van der Waals surface area contributed by atoms with Crippen molar-refractivity contribution in [3.8, 4) is 5.88 Å². The molecule has 0 radical (unpaired) electrons. The Kier molecular flexibility index (Phi) is 5.15. The molecule has 2 aromatic rings.